The van der Waals surface area contributed by atoms with E-state index in [9.17, 15) is 4.79 Å². The van der Waals surface area contributed by atoms with Gasteiger partial charge in [-0.05, 0) is 51.2 Å². The highest BCUT2D eigenvalue weighted by Crippen LogP contribution is 2.22. The molecule has 1 aliphatic rings. The maximum absolute atomic E-state index is 11.9. The molecule has 0 spiro atoms. The number of benzene rings is 1. The lowest BCUT2D eigenvalue weighted by molar-refractivity contribution is 0.0602. The number of aromatic nitrogens is 2. The smallest absolute Gasteiger partial charge is 0.339 e. The molecule has 142 valence electrons. The van der Waals surface area contributed by atoms with E-state index in [4.69, 9.17) is 4.74 Å². The average molecular weight is 366 g/mol. The van der Waals surface area contributed by atoms with Crippen molar-refractivity contribution in [2.24, 2.45) is 0 Å². The molecule has 0 atom stereocenters. The number of para-hydroxylation sites is 1. The van der Waals surface area contributed by atoms with Crippen LogP contribution in [0.3, 0.4) is 0 Å². The summed E-state index contributed by atoms with van der Waals surface area (Å²) in [4.78, 5) is 20.9. The summed E-state index contributed by atoms with van der Waals surface area (Å²) >= 11 is 0. The quantitative estimate of drug-likeness (QED) is 0.550. The summed E-state index contributed by atoms with van der Waals surface area (Å²) in [6.45, 7) is 2.77. The lowest BCUT2D eigenvalue weighted by Gasteiger charge is -2.14. The standard InChI is InChI=1S/C21H26N4O2/c1-15-14-19(22-13-12-16-8-4-3-5-9-16)25-21(23-15)24-18-11-7-6-10-17(18)20(26)27-2/h6-8,10-11,14H,3-5,9,12-13H2,1-2H3,(H2,22,23,24,25). The Bertz CT molecular complexity index is 833. The number of anilines is 3. The predicted octanol–water partition coefficient (Wildman–Crippen LogP) is 4.62. The number of aryl methyl sites for hydroxylation is 1. The largest absolute Gasteiger partial charge is 0.465 e. The molecule has 1 aromatic carbocycles. The van der Waals surface area contributed by atoms with Crippen molar-refractivity contribution in [3.05, 3.63) is 53.2 Å². The molecule has 2 aromatic rings. The second-order valence-corrected chi connectivity index (χ2v) is 6.67. The number of hydrogen-bond acceptors (Lipinski definition) is 6. The van der Waals surface area contributed by atoms with Gasteiger partial charge < -0.3 is 15.4 Å². The minimum Gasteiger partial charge on any atom is -0.465 e. The second-order valence-electron chi connectivity index (χ2n) is 6.67. The Hall–Kier alpha value is -2.89. The number of nitrogens with zero attached hydrogens (tertiary/aromatic N) is 2. The van der Waals surface area contributed by atoms with Crippen molar-refractivity contribution < 1.29 is 9.53 Å². The van der Waals surface area contributed by atoms with Crippen LogP contribution in [0.1, 0.15) is 48.2 Å². The molecule has 0 saturated carbocycles. The zero-order chi connectivity index (χ0) is 19.1. The number of carbonyl (C=O) groups excluding carboxylic acids is 1. The Labute approximate surface area is 160 Å². The summed E-state index contributed by atoms with van der Waals surface area (Å²) in [6.07, 6.45) is 8.43. The maximum Gasteiger partial charge on any atom is 0.339 e. The van der Waals surface area contributed by atoms with Gasteiger partial charge in [0.15, 0.2) is 0 Å². The van der Waals surface area contributed by atoms with Crippen molar-refractivity contribution in [3.8, 4) is 0 Å². The minimum absolute atomic E-state index is 0.398. The molecule has 0 amide bonds. The second kappa shape index (κ2) is 9.16. The zero-order valence-corrected chi connectivity index (χ0v) is 15.9. The summed E-state index contributed by atoms with van der Waals surface area (Å²) in [5.41, 5.74) is 3.45. The van der Waals surface area contributed by atoms with E-state index in [0.717, 1.165) is 24.5 Å². The molecule has 0 saturated heterocycles. The summed E-state index contributed by atoms with van der Waals surface area (Å²) < 4.78 is 4.84. The molecule has 1 heterocycles. The number of ether oxygens (including phenoxy) is 1. The molecular weight excluding hydrogens is 340 g/mol. The summed E-state index contributed by atoms with van der Waals surface area (Å²) in [6, 6.07) is 9.08. The van der Waals surface area contributed by atoms with Crippen LogP contribution in [0.5, 0.6) is 0 Å². The lowest BCUT2D eigenvalue weighted by Crippen LogP contribution is -2.10. The molecule has 0 unspecified atom stereocenters. The monoisotopic (exact) mass is 366 g/mol. The van der Waals surface area contributed by atoms with Crippen molar-refractivity contribution in [1.29, 1.82) is 0 Å². The highest BCUT2D eigenvalue weighted by atomic mass is 16.5. The number of esters is 1. The highest BCUT2D eigenvalue weighted by Gasteiger charge is 2.12. The molecule has 0 fully saturated rings. The fourth-order valence-corrected chi connectivity index (χ4v) is 3.20. The summed E-state index contributed by atoms with van der Waals surface area (Å²) in [5.74, 6) is 0.826. The van der Waals surface area contributed by atoms with Crippen LogP contribution in [-0.4, -0.2) is 29.6 Å². The van der Waals surface area contributed by atoms with Crippen LogP contribution < -0.4 is 10.6 Å². The number of hydrogen-bond donors (Lipinski definition) is 2. The third-order valence-corrected chi connectivity index (χ3v) is 4.57. The van der Waals surface area contributed by atoms with Gasteiger partial charge in [-0.3, -0.25) is 0 Å². The zero-order valence-electron chi connectivity index (χ0n) is 15.9. The van der Waals surface area contributed by atoms with Gasteiger partial charge >= 0.3 is 5.97 Å². The maximum atomic E-state index is 11.9. The fraction of sp³-hybridized carbons (Fsp3) is 0.381. The van der Waals surface area contributed by atoms with E-state index in [1.807, 2.05) is 19.1 Å². The van der Waals surface area contributed by atoms with E-state index in [1.165, 1.54) is 38.4 Å². The number of methoxy groups -OCH3 is 1. The molecule has 2 N–H and O–H groups in total. The molecule has 3 rings (SSSR count). The number of allylic oxidation sites excluding steroid dienone is 1. The van der Waals surface area contributed by atoms with Gasteiger partial charge in [-0.15, -0.1) is 0 Å². The average Bonchev–Trinajstić information content (AvgIpc) is 2.68. The van der Waals surface area contributed by atoms with Crippen LogP contribution in [0.4, 0.5) is 17.5 Å². The predicted molar refractivity (Wildman–Crippen MR) is 107 cm³/mol. The van der Waals surface area contributed by atoms with Crippen LogP contribution >= 0.6 is 0 Å². The SMILES string of the molecule is COC(=O)c1ccccc1Nc1nc(C)cc(NCCC2=CCCCC2)n1. The molecule has 0 bridgehead atoms. The molecule has 0 radical (unpaired) electrons. The first-order chi connectivity index (χ1) is 13.2. The minimum atomic E-state index is -0.398. The summed E-state index contributed by atoms with van der Waals surface area (Å²) in [7, 11) is 1.37. The van der Waals surface area contributed by atoms with Gasteiger partial charge in [0.05, 0.1) is 18.4 Å². The molecule has 6 heteroatoms. The summed E-state index contributed by atoms with van der Waals surface area (Å²) in [5, 5.41) is 6.52. The first-order valence-electron chi connectivity index (χ1n) is 9.37. The van der Waals surface area contributed by atoms with Gasteiger partial charge in [-0.2, -0.15) is 4.98 Å². The first kappa shape index (κ1) is 18.9. The van der Waals surface area contributed by atoms with Gasteiger partial charge in [-0.1, -0.05) is 23.8 Å². The number of carbonyl (C=O) groups is 1. The van der Waals surface area contributed by atoms with E-state index in [-0.39, 0.29) is 0 Å². The van der Waals surface area contributed by atoms with E-state index < -0.39 is 5.97 Å². The van der Waals surface area contributed by atoms with Gasteiger partial charge in [0, 0.05) is 18.3 Å². The van der Waals surface area contributed by atoms with Crippen molar-refractivity contribution in [1.82, 2.24) is 9.97 Å². The number of nitrogens with one attached hydrogen (secondary N) is 2. The third-order valence-electron chi connectivity index (χ3n) is 4.57. The Kier molecular flexibility index (Phi) is 6.41. The molecule has 1 aromatic heterocycles. The Morgan fingerprint density at radius 1 is 1.22 bits per heavy atom. The van der Waals surface area contributed by atoms with Crippen LogP contribution in [0.25, 0.3) is 0 Å². The highest BCUT2D eigenvalue weighted by molar-refractivity contribution is 5.96. The van der Waals surface area contributed by atoms with E-state index in [2.05, 4.69) is 26.7 Å². The topological polar surface area (TPSA) is 76.1 Å². The van der Waals surface area contributed by atoms with E-state index >= 15 is 0 Å². The van der Waals surface area contributed by atoms with Crippen LogP contribution in [0.2, 0.25) is 0 Å². The van der Waals surface area contributed by atoms with Crippen molar-refractivity contribution >= 4 is 23.4 Å². The third kappa shape index (κ3) is 5.29. The number of rotatable bonds is 7. The van der Waals surface area contributed by atoms with Gasteiger partial charge in [0.2, 0.25) is 5.95 Å². The van der Waals surface area contributed by atoms with E-state index in [1.54, 1.807) is 18.2 Å². The Morgan fingerprint density at radius 3 is 2.85 bits per heavy atom. The molecule has 0 aliphatic heterocycles. The normalized spacial score (nSPS) is 13.6. The first-order valence-corrected chi connectivity index (χ1v) is 9.37. The Morgan fingerprint density at radius 2 is 2.07 bits per heavy atom. The van der Waals surface area contributed by atoms with Gasteiger partial charge in [0.25, 0.3) is 0 Å². The van der Waals surface area contributed by atoms with Gasteiger partial charge in [-0.25, -0.2) is 9.78 Å². The molecule has 1 aliphatic carbocycles. The lowest BCUT2D eigenvalue weighted by atomic mass is 9.97. The molecule has 27 heavy (non-hydrogen) atoms. The van der Waals surface area contributed by atoms with Crippen LogP contribution in [-0.2, 0) is 4.74 Å². The molecular formula is C21H26N4O2. The molecule has 6 nitrogen and oxygen atoms in total. The van der Waals surface area contributed by atoms with Crippen molar-refractivity contribution in [3.63, 3.8) is 0 Å². The van der Waals surface area contributed by atoms with Crippen molar-refractivity contribution in [2.75, 3.05) is 24.3 Å². The van der Waals surface area contributed by atoms with Crippen LogP contribution in [0.15, 0.2) is 42.0 Å². The van der Waals surface area contributed by atoms with E-state index in [0.29, 0.717) is 17.2 Å². The fourth-order valence-electron chi connectivity index (χ4n) is 3.20. The van der Waals surface area contributed by atoms with Gasteiger partial charge in [0.1, 0.15) is 5.82 Å². The van der Waals surface area contributed by atoms with Crippen molar-refractivity contribution in [2.45, 2.75) is 39.0 Å². The van der Waals surface area contributed by atoms with Crippen LogP contribution in [0, 0.1) is 6.92 Å². The Balaban J connectivity index is 1.68.